The molecule has 0 radical (unpaired) electrons. The van der Waals surface area contributed by atoms with Gasteiger partial charge in [0.1, 0.15) is 0 Å². The maximum Gasteiger partial charge on any atom is 0.191 e. The van der Waals surface area contributed by atoms with Gasteiger partial charge in [0.25, 0.3) is 0 Å². The molecule has 0 aromatic carbocycles. The van der Waals surface area contributed by atoms with E-state index in [1.807, 2.05) is 7.05 Å². The second kappa shape index (κ2) is 12.6. The second-order valence-electron chi connectivity index (χ2n) is 7.00. The van der Waals surface area contributed by atoms with E-state index < -0.39 is 0 Å². The Kier molecular flexibility index (Phi) is 11.1. The van der Waals surface area contributed by atoms with E-state index in [1.165, 1.54) is 12.8 Å². The molecule has 23 heavy (non-hydrogen) atoms. The van der Waals surface area contributed by atoms with Gasteiger partial charge in [0.05, 0.1) is 0 Å². The number of nitrogens with zero attached hydrogens (tertiary/aromatic N) is 1. The van der Waals surface area contributed by atoms with Crippen LogP contribution in [0.25, 0.3) is 0 Å². The molecule has 0 aromatic heterocycles. The Morgan fingerprint density at radius 1 is 1.22 bits per heavy atom. The van der Waals surface area contributed by atoms with E-state index in [0.29, 0.717) is 12.0 Å². The third kappa shape index (κ3) is 10.6. The zero-order valence-corrected chi connectivity index (χ0v) is 15.6. The fourth-order valence-corrected chi connectivity index (χ4v) is 2.63. The smallest absolute Gasteiger partial charge is 0.191 e. The van der Waals surface area contributed by atoms with Crippen LogP contribution in [0.1, 0.15) is 52.9 Å². The first-order valence-electron chi connectivity index (χ1n) is 9.24. The first-order valence-corrected chi connectivity index (χ1v) is 9.24. The van der Waals surface area contributed by atoms with Crippen molar-refractivity contribution in [1.82, 2.24) is 10.6 Å². The largest absolute Gasteiger partial charge is 0.381 e. The van der Waals surface area contributed by atoms with Gasteiger partial charge < -0.3 is 20.1 Å². The van der Waals surface area contributed by atoms with Crippen molar-refractivity contribution in [3.63, 3.8) is 0 Å². The Hall–Kier alpha value is -0.810. The average Bonchev–Trinajstić information content (AvgIpc) is 2.55. The number of hydrogen-bond acceptors (Lipinski definition) is 3. The molecule has 0 spiro atoms. The zero-order valence-electron chi connectivity index (χ0n) is 15.6. The standard InChI is InChI=1S/C18H37N3O2/c1-15(2)6-7-16(3)21-18(19-4)20-10-5-11-23-14-17-8-12-22-13-9-17/h15-17H,5-14H2,1-4H3,(H2,19,20,21). The molecule has 5 nitrogen and oxygen atoms in total. The predicted molar refractivity (Wildman–Crippen MR) is 97.0 cm³/mol. The van der Waals surface area contributed by atoms with Gasteiger partial charge >= 0.3 is 0 Å². The monoisotopic (exact) mass is 327 g/mol. The second-order valence-corrected chi connectivity index (χ2v) is 7.00. The number of rotatable bonds is 10. The van der Waals surface area contributed by atoms with Crippen molar-refractivity contribution in [2.45, 2.75) is 58.9 Å². The summed E-state index contributed by atoms with van der Waals surface area (Å²) in [6.45, 7) is 11.1. The van der Waals surface area contributed by atoms with E-state index in [4.69, 9.17) is 9.47 Å². The summed E-state index contributed by atoms with van der Waals surface area (Å²) in [5.74, 6) is 2.33. The summed E-state index contributed by atoms with van der Waals surface area (Å²) < 4.78 is 11.1. The molecule has 136 valence electrons. The normalized spacial score (nSPS) is 18.2. The van der Waals surface area contributed by atoms with Gasteiger partial charge in [-0.1, -0.05) is 13.8 Å². The molecule has 5 heteroatoms. The highest BCUT2D eigenvalue weighted by Crippen LogP contribution is 2.14. The number of aliphatic imine (C=N–C) groups is 1. The molecular formula is C18H37N3O2. The van der Waals surface area contributed by atoms with Gasteiger partial charge in [-0.15, -0.1) is 0 Å². The van der Waals surface area contributed by atoms with Crippen molar-refractivity contribution in [1.29, 1.82) is 0 Å². The van der Waals surface area contributed by atoms with E-state index in [9.17, 15) is 0 Å². The Balaban J connectivity index is 2.01. The fraction of sp³-hybridized carbons (Fsp3) is 0.944. The van der Waals surface area contributed by atoms with Crippen LogP contribution in [0.2, 0.25) is 0 Å². The molecule has 1 atom stereocenters. The summed E-state index contributed by atoms with van der Waals surface area (Å²) in [4.78, 5) is 4.29. The van der Waals surface area contributed by atoms with Gasteiger partial charge in [0.2, 0.25) is 0 Å². The summed E-state index contributed by atoms with van der Waals surface area (Å²) in [6.07, 6.45) is 5.70. The van der Waals surface area contributed by atoms with Gasteiger partial charge in [-0.05, 0) is 50.9 Å². The van der Waals surface area contributed by atoms with Crippen LogP contribution in [-0.2, 0) is 9.47 Å². The molecule has 1 saturated heterocycles. The number of nitrogens with one attached hydrogen (secondary N) is 2. The highest BCUT2D eigenvalue weighted by atomic mass is 16.5. The maximum atomic E-state index is 5.78. The molecule has 0 amide bonds. The van der Waals surface area contributed by atoms with Gasteiger partial charge in [-0.3, -0.25) is 4.99 Å². The lowest BCUT2D eigenvalue weighted by atomic mass is 10.0. The van der Waals surface area contributed by atoms with Crippen LogP contribution in [0, 0.1) is 11.8 Å². The van der Waals surface area contributed by atoms with Crippen molar-refractivity contribution in [3.8, 4) is 0 Å². The molecule has 1 heterocycles. The van der Waals surface area contributed by atoms with Crippen molar-refractivity contribution in [2.75, 3.05) is 40.0 Å². The molecule has 1 rings (SSSR count). The average molecular weight is 328 g/mol. The lowest BCUT2D eigenvalue weighted by Crippen LogP contribution is -2.42. The Morgan fingerprint density at radius 3 is 2.61 bits per heavy atom. The van der Waals surface area contributed by atoms with E-state index in [1.54, 1.807) is 0 Å². The van der Waals surface area contributed by atoms with Crippen molar-refractivity contribution < 1.29 is 9.47 Å². The van der Waals surface area contributed by atoms with Crippen LogP contribution in [0.5, 0.6) is 0 Å². The van der Waals surface area contributed by atoms with E-state index in [-0.39, 0.29) is 0 Å². The first kappa shape index (κ1) is 20.2. The van der Waals surface area contributed by atoms with Crippen LogP contribution in [0.4, 0.5) is 0 Å². The molecule has 1 fully saturated rings. The summed E-state index contributed by atoms with van der Waals surface area (Å²) in [6, 6.07) is 0.452. The predicted octanol–water partition coefficient (Wildman–Crippen LogP) is 2.81. The van der Waals surface area contributed by atoms with E-state index in [0.717, 1.165) is 64.1 Å². The summed E-state index contributed by atoms with van der Waals surface area (Å²) in [5, 5.41) is 6.81. The van der Waals surface area contributed by atoms with Gasteiger partial charge in [-0.2, -0.15) is 0 Å². The molecule has 0 bridgehead atoms. The van der Waals surface area contributed by atoms with Crippen molar-refractivity contribution in [3.05, 3.63) is 0 Å². The van der Waals surface area contributed by atoms with Crippen LogP contribution in [0.3, 0.4) is 0 Å². The highest BCUT2D eigenvalue weighted by Gasteiger charge is 2.13. The van der Waals surface area contributed by atoms with Crippen molar-refractivity contribution in [2.24, 2.45) is 16.8 Å². The molecule has 1 aliphatic rings. The summed E-state index contributed by atoms with van der Waals surface area (Å²) >= 11 is 0. The van der Waals surface area contributed by atoms with Gasteiger partial charge in [-0.25, -0.2) is 0 Å². The van der Waals surface area contributed by atoms with E-state index in [2.05, 4.69) is 36.4 Å². The molecule has 0 saturated carbocycles. The molecule has 2 N–H and O–H groups in total. The minimum atomic E-state index is 0.452. The lowest BCUT2D eigenvalue weighted by molar-refractivity contribution is 0.0203. The highest BCUT2D eigenvalue weighted by molar-refractivity contribution is 5.79. The molecule has 1 unspecified atom stereocenters. The SMILES string of the molecule is CN=C(NCCCOCC1CCOCC1)NC(C)CCC(C)C. The van der Waals surface area contributed by atoms with Crippen LogP contribution in [-0.4, -0.2) is 52.0 Å². The van der Waals surface area contributed by atoms with Crippen LogP contribution >= 0.6 is 0 Å². The molecule has 0 aromatic rings. The fourth-order valence-electron chi connectivity index (χ4n) is 2.63. The maximum absolute atomic E-state index is 5.78. The van der Waals surface area contributed by atoms with Gasteiger partial charge in [0.15, 0.2) is 5.96 Å². The Bertz CT molecular complexity index is 315. The topological polar surface area (TPSA) is 54.9 Å². The zero-order chi connectivity index (χ0) is 16.9. The number of hydrogen-bond donors (Lipinski definition) is 2. The molecule has 1 aliphatic heterocycles. The number of guanidine groups is 1. The number of ether oxygens (including phenoxy) is 2. The summed E-state index contributed by atoms with van der Waals surface area (Å²) in [7, 11) is 1.83. The van der Waals surface area contributed by atoms with Crippen LogP contribution in [0.15, 0.2) is 4.99 Å². The third-order valence-electron chi connectivity index (χ3n) is 4.24. The van der Waals surface area contributed by atoms with Gasteiger partial charge in [0, 0.05) is 46.1 Å². The minimum Gasteiger partial charge on any atom is -0.381 e. The first-order chi connectivity index (χ1) is 11.1. The van der Waals surface area contributed by atoms with Crippen LogP contribution < -0.4 is 10.6 Å². The third-order valence-corrected chi connectivity index (χ3v) is 4.24. The molecular weight excluding hydrogens is 290 g/mol. The Morgan fingerprint density at radius 2 is 1.96 bits per heavy atom. The molecule has 0 aliphatic carbocycles. The summed E-state index contributed by atoms with van der Waals surface area (Å²) in [5.41, 5.74) is 0. The quantitative estimate of drug-likeness (QED) is 0.368. The van der Waals surface area contributed by atoms with E-state index >= 15 is 0 Å². The Labute approximate surface area is 142 Å². The lowest BCUT2D eigenvalue weighted by Gasteiger charge is -2.22. The van der Waals surface area contributed by atoms with Crippen molar-refractivity contribution >= 4 is 5.96 Å². The minimum absolute atomic E-state index is 0.452.